The molecule has 178 valence electrons. The highest BCUT2D eigenvalue weighted by molar-refractivity contribution is 7.92. The molecule has 8 nitrogen and oxygen atoms in total. The number of carbonyl (C=O) groups excluding carboxylic acids is 2. The summed E-state index contributed by atoms with van der Waals surface area (Å²) < 4.78 is 40.6. The third-order valence-electron chi connectivity index (χ3n) is 5.95. The number of fused-ring (bicyclic) bond motifs is 2. The van der Waals surface area contributed by atoms with Crippen LogP contribution in [0.5, 0.6) is 5.75 Å². The molecule has 5 rings (SSSR count). The third kappa shape index (κ3) is 3.83. The molecule has 0 saturated heterocycles. The van der Waals surface area contributed by atoms with Gasteiger partial charge in [-0.3, -0.25) is 13.7 Å². The second kappa shape index (κ2) is 8.59. The summed E-state index contributed by atoms with van der Waals surface area (Å²) >= 11 is 0. The highest BCUT2D eigenvalue weighted by Gasteiger charge is 2.38. The van der Waals surface area contributed by atoms with E-state index in [2.05, 4.69) is 0 Å². The van der Waals surface area contributed by atoms with Gasteiger partial charge >= 0.3 is 5.97 Å². The molecule has 9 heteroatoms. The maximum absolute atomic E-state index is 13.7. The Morgan fingerprint density at radius 1 is 1.00 bits per heavy atom. The van der Waals surface area contributed by atoms with Crippen molar-refractivity contribution in [1.29, 1.82) is 0 Å². The van der Waals surface area contributed by atoms with Gasteiger partial charge in [0.05, 0.1) is 35.3 Å². The van der Waals surface area contributed by atoms with E-state index in [1.165, 1.54) is 34.3 Å². The van der Waals surface area contributed by atoms with E-state index in [0.717, 1.165) is 5.56 Å². The fraction of sp³-hybridized carbons (Fsp3) is 0.154. The lowest BCUT2D eigenvalue weighted by molar-refractivity contribution is 0.0602. The molecule has 1 atom stereocenters. The third-order valence-corrected chi connectivity index (χ3v) is 7.74. The van der Waals surface area contributed by atoms with Crippen LogP contribution in [0.3, 0.4) is 0 Å². The first-order chi connectivity index (χ1) is 16.8. The lowest BCUT2D eigenvalue weighted by Crippen LogP contribution is -2.48. The first-order valence-electron chi connectivity index (χ1n) is 10.9. The summed E-state index contributed by atoms with van der Waals surface area (Å²) in [6.07, 6.45) is 0.257. The molecule has 35 heavy (non-hydrogen) atoms. The monoisotopic (exact) mass is 490 g/mol. The van der Waals surface area contributed by atoms with Crippen molar-refractivity contribution in [1.82, 2.24) is 4.57 Å². The smallest absolute Gasteiger partial charge is 0.340 e. The van der Waals surface area contributed by atoms with Crippen LogP contribution in [0.1, 0.15) is 20.7 Å². The lowest BCUT2D eigenvalue weighted by Gasteiger charge is -2.35. The highest BCUT2D eigenvalue weighted by atomic mass is 32.2. The Bertz CT molecular complexity index is 1560. The van der Waals surface area contributed by atoms with Crippen molar-refractivity contribution in [3.05, 3.63) is 90.1 Å². The minimum absolute atomic E-state index is 0.111. The fourth-order valence-electron chi connectivity index (χ4n) is 4.23. The maximum atomic E-state index is 13.7. The average Bonchev–Trinajstić information content (AvgIpc) is 3.27. The van der Waals surface area contributed by atoms with Gasteiger partial charge in [0.2, 0.25) is 0 Å². The van der Waals surface area contributed by atoms with Crippen molar-refractivity contribution >= 4 is 38.5 Å². The van der Waals surface area contributed by atoms with E-state index in [9.17, 15) is 18.0 Å². The zero-order chi connectivity index (χ0) is 24.7. The number of benzene rings is 3. The number of para-hydroxylation sites is 1. The Labute approximate surface area is 202 Å². The molecule has 4 aromatic rings. The van der Waals surface area contributed by atoms with Crippen molar-refractivity contribution in [2.24, 2.45) is 0 Å². The van der Waals surface area contributed by atoms with Crippen LogP contribution >= 0.6 is 0 Å². The van der Waals surface area contributed by atoms with Crippen LogP contribution in [0.15, 0.2) is 83.9 Å². The predicted molar refractivity (Wildman–Crippen MR) is 130 cm³/mol. The van der Waals surface area contributed by atoms with Crippen LogP contribution < -0.4 is 9.04 Å². The molecule has 0 saturated carbocycles. The predicted octanol–water partition coefficient (Wildman–Crippen LogP) is 4.03. The highest BCUT2D eigenvalue weighted by Crippen LogP contribution is 2.38. The van der Waals surface area contributed by atoms with Crippen LogP contribution in [-0.2, 0) is 14.8 Å². The van der Waals surface area contributed by atoms with E-state index in [4.69, 9.17) is 9.47 Å². The summed E-state index contributed by atoms with van der Waals surface area (Å²) in [5, 5.41) is 0.549. The van der Waals surface area contributed by atoms with Gasteiger partial charge in [-0.15, -0.1) is 0 Å². The van der Waals surface area contributed by atoms with Gasteiger partial charge in [-0.05, 0) is 42.8 Å². The van der Waals surface area contributed by atoms with Crippen LogP contribution in [0.4, 0.5) is 5.69 Å². The summed E-state index contributed by atoms with van der Waals surface area (Å²) in [4.78, 5) is 26.1. The molecule has 0 aliphatic carbocycles. The first kappa shape index (κ1) is 22.7. The topological polar surface area (TPSA) is 94.9 Å². The van der Waals surface area contributed by atoms with Crippen molar-refractivity contribution in [3.63, 3.8) is 0 Å². The van der Waals surface area contributed by atoms with Crippen molar-refractivity contribution < 1.29 is 27.5 Å². The van der Waals surface area contributed by atoms with Crippen molar-refractivity contribution in [2.75, 3.05) is 18.0 Å². The SMILES string of the molecule is COC(=O)c1cn(C(=O)[C@@H]2CN(S(=O)(=O)c3ccccc3)c3cc(C)ccc3O2)c2ccccc12. The Morgan fingerprint density at radius 2 is 1.71 bits per heavy atom. The fourth-order valence-corrected chi connectivity index (χ4v) is 5.72. The zero-order valence-corrected chi connectivity index (χ0v) is 19.9. The van der Waals surface area contributed by atoms with Crippen LogP contribution in [0.25, 0.3) is 10.9 Å². The second-order valence-electron chi connectivity index (χ2n) is 8.19. The average molecular weight is 491 g/mol. The van der Waals surface area contributed by atoms with Crippen molar-refractivity contribution in [2.45, 2.75) is 17.9 Å². The minimum Gasteiger partial charge on any atom is -0.476 e. The molecular formula is C26H22N2O6S. The molecule has 1 aromatic heterocycles. The van der Waals surface area contributed by atoms with Crippen LogP contribution in [0.2, 0.25) is 0 Å². The minimum atomic E-state index is -3.98. The number of hydrogen-bond acceptors (Lipinski definition) is 6. The molecule has 0 N–H and O–H groups in total. The summed E-state index contributed by atoms with van der Waals surface area (Å²) in [5.74, 6) is -0.799. The number of anilines is 1. The summed E-state index contributed by atoms with van der Waals surface area (Å²) in [5.41, 5.74) is 1.95. The normalized spacial score (nSPS) is 15.4. The number of ether oxygens (including phenoxy) is 2. The van der Waals surface area contributed by atoms with Crippen molar-refractivity contribution in [3.8, 4) is 5.75 Å². The number of rotatable bonds is 4. The lowest BCUT2D eigenvalue weighted by atomic mass is 10.1. The van der Waals surface area contributed by atoms with E-state index in [-0.39, 0.29) is 22.8 Å². The second-order valence-corrected chi connectivity index (χ2v) is 10.0. The van der Waals surface area contributed by atoms with E-state index in [1.54, 1.807) is 60.7 Å². The molecule has 0 fully saturated rings. The molecular weight excluding hydrogens is 468 g/mol. The molecule has 0 amide bonds. The molecule has 0 spiro atoms. The number of nitrogens with zero attached hydrogens (tertiary/aromatic N) is 2. The van der Waals surface area contributed by atoms with E-state index < -0.39 is 28.0 Å². The van der Waals surface area contributed by atoms with Crippen LogP contribution in [-0.4, -0.2) is 44.6 Å². The van der Waals surface area contributed by atoms with Gasteiger partial charge in [0, 0.05) is 11.6 Å². The van der Waals surface area contributed by atoms with E-state index in [0.29, 0.717) is 16.6 Å². The zero-order valence-electron chi connectivity index (χ0n) is 19.0. The maximum Gasteiger partial charge on any atom is 0.340 e. The number of carbonyl (C=O) groups is 2. The first-order valence-corrected chi connectivity index (χ1v) is 12.3. The summed E-state index contributed by atoms with van der Waals surface area (Å²) in [7, 11) is -2.71. The van der Waals surface area contributed by atoms with Gasteiger partial charge in [0.15, 0.2) is 6.10 Å². The molecule has 1 aliphatic heterocycles. The van der Waals surface area contributed by atoms with E-state index >= 15 is 0 Å². The van der Waals surface area contributed by atoms with Gasteiger partial charge in [0.25, 0.3) is 15.9 Å². The quantitative estimate of drug-likeness (QED) is 0.401. The van der Waals surface area contributed by atoms with Gasteiger partial charge in [-0.25, -0.2) is 13.2 Å². The molecule has 3 aromatic carbocycles. The van der Waals surface area contributed by atoms with Gasteiger partial charge in [0.1, 0.15) is 5.75 Å². The number of aromatic nitrogens is 1. The molecule has 0 unspecified atom stereocenters. The van der Waals surface area contributed by atoms with Gasteiger partial charge in [-0.2, -0.15) is 0 Å². The summed E-state index contributed by atoms with van der Waals surface area (Å²) in [6.45, 7) is 1.62. The molecule has 0 bridgehead atoms. The molecule has 0 radical (unpaired) electrons. The number of methoxy groups -OCH3 is 1. The number of esters is 1. The number of hydrogen-bond donors (Lipinski definition) is 0. The van der Waals surface area contributed by atoms with E-state index in [1.807, 2.05) is 6.92 Å². The Kier molecular flexibility index (Phi) is 5.56. The Morgan fingerprint density at radius 3 is 2.46 bits per heavy atom. The van der Waals surface area contributed by atoms with Gasteiger partial charge in [-0.1, -0.05) is 42.5 Å². The molecule has 1 aliphatic rings. The number of sulfonamides is 1. The summed E-state index contributed by atoms with van der Waals surface area (Å²) in [6, 6.07) is 20.2. The van der Waals surface area contributed by atoms with Gasteiger partial charge < -0.3 is 9.47 Å². The van der Waals surface area contributed by atoms with Crippen LogP contribution in [0, 0.1) is 6.92 Å². The molecule has 2 heterocycles. The largest absolute Gasteiger partial charge is 0.476 e. The standard InChI is InChI=1S/C26H22N2O6S/c1-17-12-13-23-22(14-17)28(35(31,32)18-8-4-3-5-9-18)16-24(34-23)25(29)27-15-20(26(30)33-2)19-10-6-7-11-21(19)27/h3-15,24H,16H2,1-2H3/t24-/m0/s1. The Hall–Kier alpha value is -4.11. The Balaban J connectivity index is 1.60. The number of aryl methyl sites for hydroxylation is 1.